The minimum Gasteiger partial charge on any atom is -0.349 e. The monoisotopic (exact) mass is 287 g/mol. The normalized spacial score (nSPS) is 25.8. The fourth-order valence-corrected chi connectivity index (χ4v) is 3.35. The van der Waals surface area contributed by atoms with Crippen molar-refractivity contribution in [3.63, 3.8) is 0 Å². The molecule has 1 saturated heterocycles. The number of hydrogen-bond acceptors (Lipinski definition) is 3. The predicted molar refractivity (Wildman–Crippen MR) is 84.7 cm³/mol. The highest BCUT2D eigenvalue weighted by Gasteiger charge is 2.21. The Morgan fingerprint density at radius 2 is 2.00 bits per heavy atom. The summed E-state index contributed by atoms with van der Waals surface area (Å²) in [4.78, 5) is 12.4. The van der Waals surface area contributed by atoms with Gasteiger partial charge in [-0.05, 0) is 75.5 Å². The standard InChI is InChI=1S/C17H25N3O/c1-12-10-16(6-9-19-12)20-17(21)15-3-2-13-4-7-18-8-5-14(13)11-15/h2-3,11-12,16,18-19H,4-10H2,1H3,(H,20,21). The van der Waals surface area contributed by atoms with E-state index in [0.29, 0.717) is 12.1 Å². The molecule has 4 heteroatoms. The van der Waals surface area contributed by atoms with Crippen molar-refractivity contribution < 1.29 is 4.79 Å². The average Bonchev–Trinajstić information content (AvgIpc) is 2.71. The van der Waals surface area contributed by atoms with Crippen LogP contribution >= 0.6 is 0 Å². The Morgan fingerprint density at radius 1 is 1.19 bits per heavy atom. The van der Waals surface area contributed by atoms with Gasteiger partial charge in [-0.25, -0.2) is 0 Å². The minimum atomic E-state index is 0.0779. The maximum atomic E-state index is 12.4. The summed E-state index contributed by atoms with van der Waals surface area (Å²) in [6, 6.07) is 6.98. The van der Waals surface area contributed by atoms with Gasteiger partial charge in [0.1, 0.15) is 0 Å². The fraction of sp³-hybridized carbons (Fsp3) is 0.588. The van der Waals surface area contributed by atoms with Crippen molar-refractivity contribution in [1.29, 1.82) is 0 Å². The van der Waals surface area contributed by atoms with Crippen LogP contribution in [0.3, 0.4) is 0 Å². The lowest BCUT2D eigenvalue weighted by atomic mass is 9.98. The molecule has 0 bridgehead atoms. The number of rotatable bonds is 2. The molecular weight excluding hydrogens is 262 g/mol. The van der Waals surface area contributed by atoms with Crippen molar-refractivity contribution in [2.24, 2.45) is 0 Å². The molecule has 0 aromatic heterocycles. The summed E-state index contributed by atoms with van der Waals surface area (Å²) in [5.74, 6) is 0.0779. The molecule has 0 radical (unpaired) electrons. The zero-order valence-corrected chi connectivity index (χ0v) is 12.7. The van der Waals surface area contributed by atoms with Gasteiger partial charge < -0.3 is 16.0 Å². The SMILES string of the molecule is CC1CC(NC(=O)c2ccc3c(c2)CCNCC3)CCN1. The molecule has 1 aromatic rings. The zero-order valence-electron chi connectivity index (χ0n) is 12.7. The van der Waals surface area contributed by atoms with Crippen molar-refractivity contribution >= 4 is 5.91 Å². The first-order valence-corrected chi connectivity index (χ1v) is 8.09. The first-order chi connectivity index (χ1) is 10.2. The van der Waals surface area contributed by atoms with E-state index in [0.717, 1.165) is 50.9 Å². The van der Waals surface area contributed by atoms with E-state index in [1.54, 1.807) is 0 Å². The van der Waals surface area contributed by atoms with Gasteiger partial charge in [-0.1, -0.05) is 6.07 Å². The Balaban J connectivity index is 1.68. The highest BCUT2D eigenvalue weighted by molar-refractivity contribution is 5.94. The number of piperidine rings is 1. The van der Waals surface area contributed by atoms with Crippen LogP contribution in [-0.4, -0.2) is 37.6 Å². The third-order valence-electron chi connectivity index (χ3n) is 4.57. The summed E-state index contributed by atoms with van der Waals surface area (Å²) in [6.07, 6.45) is 4.11. The maximum Gasteiger partial charge on any atom is 0.251 e. The van der Waals surface area contributed by atoms with Crippen LogP contribution in [0.5, 0.6) is 0 Å². The van der Waals surface area contributed by atoms with Crippen LogP contribution in [-0.2, 0) is 12.8 Å². The van der Waals surface area contributed by atoms with E-state index in [9.17, 15) is 4.79 Å². The Labute approximate surface area is 126 Å². The van der Waals surface area contributed by atoms with Gasteiger partial charge in [0.05, 0.1) is 0 Å². The van der Waals surface area contributed by atoms with E-state index in [1.165, 1.54) is 11.1 Å². The predicted octanol–water partition coefficient (Wildman–Crippen LogP) is 1.25. The van der Waals surface area contributed by atoms with Crippen LogP contribution in [0.1, 0.15) is 41.3 Å². The summed E-state index contributed by atoms with van der Waals surface area (Å²) >= 11 is 0. The molecule has 21 heavy (non-hydrogen) atoms. The lowest BCUT2D eigenvalue weighted by Gasteiger charge is -2.28. The smallest absolute Gasteiger partial charge is 0.251 e. The highest BCUT2D eigenvalue weighted by Crippen LogP contribution is 2.16. The summed E-state index contributed by atoms with van der Waals surface area (Å²) < 4.78 is 0. The summed E-state index contributed by atoms with van der Waals surface area (Å²) in [5, 5.41) is 10.0. The second-order valence-corrected chi connectivity index (χ2v) is 6.28. The molecule has 1 amide bonds. The first-order valence-electron chi connectivity index (χ1n) is 8.09. The van der Waals surface area contributed by atoms with Crippen LogP contribution < -0.4 is 16.0 Å². The Hall–Kier alpha value is -1.39. The molecule has 0 spiro atoms. The van der Waals surface area contributed by atoms with Gasteiger partial charge in [-0.15, -0.1) is 0 Å². The van der Waals surface area contributed by atoms with Crippen LogP contribution in [0.2, 0.25) is 0 Å². The molecular formula is C17H25N3O. The van der Waals surface area contributed by atoms with Crippen molar-refractivity contribution in [3.8, 4) is 0 Å². The molecule has 1 aromatic carbocycles. The first kappa shape index (κ1) is 14.5. The zero-order chi connectivity index (χ0) is 14.7. The molecule has 2 aliphatic heterocycles. The quantitative estimate of drug-likeness (QED) is 0.767. The van der Waals surface area contributed by atoms with E-state index in [4.69, 9.17) is 0 Å². The van der Waals surface area contributed by atoms with Crippen molar-refractivity contribution in [2.45, 2.75) is 44.7 Å². The molecule has 1 fully saturated rings. The summed E-state index contributed by atoms with van der Waals surface area (Å²) in [5.41, 5.74) is 3.51. The fourth-order valence-electron chi connectivity index (χ4n) is 3.35. The van der Waals surface area contributed by atoms with Gasteiger partial charge in [-0.3, -0.25) is 4.79 Å². The lowest BCUT2D eigenvalue weighted by Crippen LogP contribution is -2.46. The molecule has 4 nitrogen and oxygen atoms in total. The van der Waals surface area contributed by atoms with Gasteiger partial charge in [0.15, 0.2) is 0 Å². The third kappa shape index (κ3) is 3.63. The lowest BCUT2D eigenvalue weighted by molar-refractivity contribution is 0.0925. The molecule has 0 saturated carbocycles. The number of amides is 1. The van der Waals surface area contributed by atoms with E-state index in [1.807, 2.05) is 6.07 Å². The third-order valence-corrected chi connectivity index (χ3v) is 4.57. The molecule has 0 aliphatic carbocycles. The molecule has 2 heterocycles. The minimum absolute atomic E-state index is 0.0779. The van der Waals surface area contributed by atoms with Crippen molar-refractivity contribution in [2.75, 3.05) is 19.6 Å². The van der Waals surface area contributed by atoms with Crippen LogP contribution in [0.25, 0.3) is 0 Å². The summed E-state index contributed by atoms with van der Waals surface area (Å²) in [6.45, 7) is 5.20. The van der Waals surface area contributed by atoms with E-state index < -0.39 is 0 Å². The molecule has 3 N–H and O–H groups in total. The average molecular weight is 287 g/mol. The molecule has 2 atom stereocenters. The van der Waals surface area contributed by atoms with Crippen molar-refractivity contribution in [1.82, 2.24) is 16.0 Å². The second-order valence-electron chi connectivity index (χ2n) is 6.28. The number of hydrogen-bond donors (Lipinski definition) is 3. The Bertz CT molecular complexity index is 515. The van der Waals surface area contributed by atoms with Crippen LogP contribution in [0.4, 0.5) is 0 Å². The van der Waals surface area contributed by atoms with Gasteiger partial charge in [0, 0.05) is 17.6 Å². The summed E-state index contributed by atoms with van der Waals surface area (Å²) in [7, 11) is 0. The molecule has 114 valence electrons. The van der Waals surface area contributed by atoms with E-state index >= 15 is 0 Å². The van der Waals surface area contributed by atoms with E-state index in [-0.39, 0.29) is 5.91 Å². The largest absolute Gasteiger partial charge is 0.349 e. The maximum absolute atomic E-state index is 12.4. The van der Waals surface area contributed by atoms with Gasteiger partial charge in [0.25, 0.3) is 5.91 Å². The number of nitrogens with one attached hydrogen (secondary N) is 3. The highest BCUT2D eigenvalue weighted by atomic mass is 16.1. The van der Waals surface area contributed by atoms with Gasteiger partial charge in [0.2, 0.25) is 0 Å². The second kappa shape index (κ2) is 6.58. The Morgan fingerprint density at radius 3 is 2.81 bits per heavy atom. The number of carbonyl (C=O) groups excluding carboxylic acids is 1. The Kier molecular flexibility index (Phi) is 4.56. The number of carbonyl (C=O) groups is 1. The van der Waals surface area contributed by atoms with Gasteiger partial charge >= 0.3 is 0 Å². The molecule has 2 aliphatic rings. The van der Waals surface area contributed by atoms with E-state index in [2.05, 4.69) is 35.0 Å². The van der Waals surface area contributed by atoms with Gasteiger partial charge in [-0.2, -0.15) is 0 Å². The van der Waals surface area contributed by atoms with Crippen LogP contribution in [0, 0.1) is 0 Å². The van der Waals surface area contributed by atoms with Crippen LogP contribution in [0.15, 0.2) is 18.2 Å². The number of benzene rings is 1. The molecule has 2 unspecified atom stereocenters. The topological polar surface area (TPSA) is 53.2 Å². The molecule has 3 rings (SSSR count). The number of fused-ring (bicyclic) bond motifs is 1. The van der Waals surface area contributed by atoms with Crippen molar-refractivity contribution in [3.05, 3.63) is 34.9 Å².